The van der Waals surface area contributed by atoms with Crippen molar-refractivity contribution >= 4 is 11.8 Å². The number of aromatic nitrogens is 2. The molecule has 0 aromatic carbocycles. The molecule has 0 unspecified atom stereocenters. The minimum Gasteiger partial charge on any atom is -0.489 e. The molecule has 0 bridgehead atoms. The zero-order valence-electron chi connectivity index (χ0n) is 10.0. The Morgan fingerprint density at radius 2 is 2.29 bits per heavy atom. The highest BCUT2D eigenvalue weighted by Gasteiger charge is 2.16. The van der Waals surface area contributed by atoms with Crippen molar-refractivity contribution in [2.45, 2.75) is 6.92 Å². The van der Waals surface area contributed by atoms with Gasteiger partial charge in [-0.05, 0) is 6.92 Å². The Balaban J connectivity index is 2.89. The summed E-state index contributed by atoms with van der Waals surface area (Å²) in [5.41, 5.74) is -0.395. The molecule has 0 atom stereocenters. The van der Waals surface area contributed by atoms with Gasteiger partial charge in [0.05, 0.1) is 20.0 Å². The summed E-state index contributed by atoms with van der Waals surface area (Å²) in [6, 6.07) is 0. The van der Waals surface area contributed by atoms with Crippen molar-refractivity contribution in [2.24, 2.45) is 0 Å². The van der Waals surface area contributed by atoms with E-state index in [1.807, 2.05) is 0 Å². The molecule has 94 valence electrons. The summed E-state index contributed by atoms with van der Waals surface area (Å²) in [7, 11) is 3.00. The third-order valence-electron chi connectivity index (χ3n) is 2.03. The molecule has 0 spiro atoms. The van der Waals surface area contributed by atoms with Gasteiger partial charge in [-0.3, -0.25) is 9.59 Å². The fourth-order valence-electron chi connectivity index (χ4n) is 1.31. The van der Waals surface area contributed by atoms with Gasteiger partial charge in [-0.2, -0.15) is 0 Å². The van der Waals surface area contributed by atoms with E-state index in [0.717, 1.165) is 0 Å². The average molecular weight is 241 g/mol. The summed E-state index contributed by atoms with van der Waals surface area (Å²) in [5.74, 6) is -0.0252. The Morgan fingerprint density at radius 3 is 2.88 bits per heavy atom. The van der Waals surface area contributed by atoms with E-state index in [0.29, 0.717) is 12.4 Å². The number of carbonyl (C=O) groups excluding carboxylic acids is 1. The molecular formula is C10H15N3O4. The second-order valence-electron chi connectivity index (χ2n) is 3.25. The standard InChI is InChI=1S/C10H15N3O4/c1-4-17-7(14)5-13(2)9-8(16-3)10(15)12-6-11-9/h6H,4-5H2,1-3H3,(H,11,12,15). The molecule has 17 heavy (non-hydrogen) atoms. The Morgan fingerprint density at radius 1 is 1.59 bits per heavy atom. The number of ether oxygens (including phenoxy) is 2. The first-order valence-corrected chi connectivity index (χ1v) is 5.08. The number of likely N-dealkylation sites (N-methyl/N-ethyl adjacent to an activating group) is 1. The Labute approximate surface area is 98.4 Å². The molecule has 0 radical (unpaired) electrons. The molecule has 1 aromatic rings. The molecule has 0 aliphatic carbocycles. The van der Waals surface area contributed by atoms with E-state index in [2.05, 4.69) is 9.97 Å². The van der Waals surface area contributed by atoms with Gasteiger partial charge in [-0.15, -0.1) is 0 Å². The normalized spacial score (nSPS) is 9.82. The van der Waals surface area contributed by atoms with Gasteiger partial charge in [0.15, 0.2) is 5.82 Å². The van der Waals surface area contributed by atoms with Crippen molar-refractivity contribution in [1.82, 2.24) is 9.97 Å². The van der Waals surface area contributed by atoms with Crippen molar-refractivity contribution in [2.75, 3.05) is 32.2 Å². The highest BCUT2D eigenvalue weighted by atomic mass is 16.5. The quantitative estimate of drug-likeness (QED) is 0.717. The Bertz CT molecular complexity index is 443. The molecular weight excluding hydrogens is 226 g/mol. The van der Waals surface area contributed by atoms with Crippen LogP contribution in [0, 0.1) is 0 Å². The van der Waals surface area contributed by atoms with Gasteiger partial charge in [0.2, 0.25) is 5.75 Å². The fraction of sp³-hybridized carbons (Fsp3) is 0.500. The Kier molecular flexibility index (Phi) is 4.50. The molecule has 0 saturated carbocycles. The molecule has 1 rings (SSSR count). The van der Waals surface area contributed by atoms with Crippen molar-refractivity contribution in [3.63, 3.8) is 0 Å². The minimum atomic E-state index is -0.395. The van der Waals surface area contributed by atoms with Crippen LogP contribution in [0.4, 0.5) is 5.82 Å². The monoisotopic (exact) mass is 241 g/mol. The zero-order chi connectivity index (χ0) is 12.8. The van der Waals surface area contributed by atoms with E-state index in [1.165, 1.54) is 18.3 Å². The highest BCUT2D eigenvalue weighted by Crippen LogP contribution is 2.18. The molecule has 7 heteroatoms. The lowest BCUT2D eigenvalue weighted by molar-refractivity contribution is -0.141. The van der Waals surface area contributed by atoms with E-state index in [-0.39, 0.29) is 18.3 Å². The number of hydrogen-bond donors (Lipinski definition) is 1. The van der Waals surface area contributed by atoms with Gasteiger partial charge in [-0.1, -0.05) is 0 Å². The van der Waals surface area contributed by atoms with E-state index >= 15 is 0 Å². The second-order valence-corrected chi connectivity index (χ2v) is 3.25. The number of methoxy groups -OCH3 is 1. The molecule has 0 amide bonds. The first kappa shape index (κ1) is 13.0. The largest absolute Gasteiger partial charge is 0.489 e. The number of carbonyl (C=O) groups is 1. The van der Waals surface area contributed by atoms with E-state index in [4.69, 9.17) is 9.47 Å². The van der Waals surface area contributed by atoms with Crippen molar-refractivity contribution in [3.05, 3.63) is 16.7 Å². The van der Waals surface area contributed by atoms with E-state index < -0.39 is 5.56 Å². The molecule has 1 N–H and O–H groups in total. The predicted molar refractivity (Wildman–Crippen MR) is 61.3 cm³/mol. The van der Waals surface area contributed by atoms with Crippen LogP contribution in [-0.2, 0) is 9.53 Å². The summed E-state index contributed by atoms with van der Waals surface area (Å²) >= 11 is 0. The van der Waals surface area contributed by atoms with Crippen LogP contribution in [0.25, 0.3) is 0 Å². The number of rotatable bonds is 5. The van der Waals surface area contributed by atoms with Gasteiger partial charge in [0.25, 0.3) is 5.56 Å². The van der Waals surface area contributed by atoms with E-state index in [1.54, 1.807) is 14.0 Å². The first-order valence-electron chi connectivity index (χ1n) is 5.08. The maximum atomic E-state index is 11.4. The van der Waals surface area contributed by atoms with Gasteiger partial charge < -0.3 is 19.4 Å². The second kappa shape index (κ2) is 5.88. The molecule has 0 saturated heterocycles. The van der Waals surface area contributed by atoms with Crippen LogP contribution in [0.5, 0.6) is 5.75 Å². The number of aromatic amines is 1. The zero-order valence-corrected chi connectivity index (χ0v) is 10.0. The molecule has 1 heterocycles. The van der Waals surface area contributed by atoms with Gasteiger partial charge >= 0.3 is 5.97 Å². The van der Waals surface area contributed by atoms with Crippen LogP contribution < -0.4 is 15.2 Å². The highest BCUT2D eigenvalue weighted by molar-refractivity contribution is 5.75. The third kappa shape index (κ3) is 3.20. The predicted octanol–water partition coefficient (Wildman–Crippen LogP) is -0.222. The number of H-pyrrole nitrogens is 1. The van der Waals surface area contributed by atoms with Gasteiger partial charge in [0, 0.05) is 7.05 Å². The maximum absolute atomic E-state index is 11.4. The van der Waals surface area contributed by atoms with Gasteiger partial charge in [-0.25, -0.2) is 4.98 Å². The van der Waals surface area contributed by atoms with Crippen LogP contribution in [0.2, 0.25) is 0 Å². The lowest BCUT2D eigenvalue weighted by Gasteiger charge is -2.18. The summed E-state index contributed by atoms with van der Waals surface area (Å²) in [6.45, 7) is 2.04. The minimum absolute atomic E-state index is 0.000648. The SMILES string of the molecule is CCOC(=O)CN(C)c1nc[nH]c(=O)c1OC. The summed E-state index contributed by atoms with van der Waals surface area (Å²) in [4.78, 5) is 30.6. The topological polar surface area (TPSA) is 84.5 Å². The summed E-state index contributed by atoms with van der Waals surface area (Å²) in [6.07, 6.45) is 1.25. The third-order valence-corrected chi connectivity index (χ3v) is 2.03. The number of nitrogens with zero attached hydrogens (tertiary/aromatic N) is 2. The Hall–Kier alpha value is -2.05. The molecule has 0 aliphatic heterocycles. The maximum Gasteiger partial charge on any atom is 0.325 e. The number of anilines is 1. The molecule has 0 fully saturated rings. The lowest BCUT2D eigenvalue weighted by Crippen LogP contribution is -2.29. The fourth-order valence-corrected chi connectivity index (χ4v) is 1.31. The smallest absolute Gasteiger partial charge is 0.325 e. The molecule has 0 aliphatic rings. The van der Waals surface area contributed by atoms with Crippen LogP contribution in [0.1, 0.15) is 6.92 Å². The van der Waals surface area contributed by atoms with Crippen LogP contribution in [0.3, 0.4) is 0 Å². The summed E-state index contributed by atoms with van der Waals surface area (Å²) < 4.78 is 9.74. The molecule has 7 nitrogen and oxygen atoms in total. The van der Waals surface area contributed by atoms with Crippen LogP contribution in [0.15, 0.2) is 11.1 Å². The summed E-state index contributed by atoms with van der Waals surface area (Å²) in [5, 5.41) is 0. The van der Waals surface area contributed by atoms with Crippen molar-refractivity contribution in [3.8, 4) is 5.75 Å². The molecule has 1 aromatic heterocycles. The van der Waals surface area contributed by atoms with Crippen LogP contribution >= 0.6 is 0 Å². The van der Waals surface area contributed by atoms with Crippen molar-refractivity contribution < 1.29 is 14.3 Å². The first-order chi connectivity index (χ1) is 8.10. The van der Waals surface area contributed by atoms with Crippen LogP contribution in [-0.4, -0.2) is 43.2 Å². The number of hydrogen-bond acceptors (Lipinski definition) is 6. The van der Waals surface area contributed by atoms with E-state index in [9.17, 15) is 9.59 Å². The average Bonchev–Trinajstić information content (AvgIpc) is 2.28. The van der Waals surface area contributed by atoms with Gasteiger partial charge in [0.1, 0.15) is 6.54 Å². The lowest BCUT2D eigenvalue weighted by atomic mass is 10.4. The number of nitrogens with one attached hydrogen (secondary N) is 1. The van der Waals surface area contributed by atoms with Crippen molar-refractivity contribution in [1.29, 1.82) is 0 Å². The number of esters is 1.